The van der Waals surface area contributed by atoms with Crippen LogP contribution in [0.2, 0.25) is 0 Å². The minimum atomic E-state index is 1.09. The number of fused-ring (bicyclic) bond motifs is 3. The number of anilines is 3. The van der Waals surface area contributed by atoms with Gasteiger partial charge in [-0.3, -0.25) is 0 Å². The van der Waals surface area contributed by atoms with Crippen molar-refractivity contribution in [1.82, 2.24) is 4.57 Å². The van der Waals surface area contributed by atoms with E-state index in [0.717, 1.165) is 28.3 Å². The van der Waals surface area contributed by atoms with E-state index >= 15 is 0 Å². The molecule has 0 fully saturated rings. The lowest BCUT2D eigenvalue weighted by Gasteiger charge is -2.28. The molecule has 0 amide bonds. The topological polar surface area (TPSA) is 8.17 Å². The highest BCUT2D eigenvalue weighted by molar-refractivity contribution is 6.17. The van der Waals surface area contributed by atoms with E-state index in [1.54, 1.807) is 0 Å². The summed E-state index contributed by atoms with van der Waals surface area (Å²) in [4.78, 5) is 2.44. The summed E-state index contributed by atoms with van der Waals surface area (Å²) in [7, 11) is 0. The molecular formula is C54H38N2. The van der Waals surface area contributed by atoms with Gasteiger partial charge in [0, 0.05) is 27.7 Å². The van der Waals surface area contributed by atoms with Crippen molar-refractivity contribution in [2.45, 2.75) is 0 Å². The second-order valence-corrected chi connectivity index (χ2v) is 14.1. The largest absolute Gasteiger partial charge is 0.310 e. The summed E-state index contributed by atoms with van der Waals surface area (Å²) < 4.78 is 2.45. The van der Waals surface area contributed by atoms with E-state index in [1.165, 1.54) is 60.8 Å². The third kappa shape index (κ3) is 5.95. The van der Waals surface area contributed by atoms with E-state index in [4.69, 9.17) is 0 Å². The number of nitrogens with zero attached hydrogens (tertiary/aromatic N) is 2. The summed E-state index contributed by atoms with van der Waals surface area (Å²) in [6.45, 7) is 0. The van der Waals surface area contributed by atoms with E-state index in [9.17, 15) is 0 Å². The molecule has 0 spiro atoms. The lowest BCUT2D eigenvalue weighted by Crippen LogP contribution is -2.11. The number of hydrogen-bond donors (Lipinski definition) is 0. The smallest absolute Gasteiger partial charge is 0.0562 e. The van der Waals surface area contributed by atoms with Crippen LogP contribution in [-0.2, 0) is 0 Å². The van der Waals surface area contributed by atoms with Crippen LogP contribution in [0.5, 0.6) is 0 Å². The summed E-state index contributed by atoms with van der Waals surface area (Å²) in [5.74, 6) is 0. The highest BCUT2D eigenvalue weighted by Crippen LogP contribution is 2.46. The predicted octanol–water partition coefficient (Wildman–Crippen LogP) is 14.9. The minimum Gasteiger partial charge on any atom is -0.310 e. The number of benzene rings is 9. The zero-order valence-electron chi connectivity index (χ0n) is 30.8. The first-order valence-corrected chi connectivity index (χ1v) is 19.2. The summed E-state index contributed by atoms with van der Waals surface area (Å²) in [6.07, 6.45) is 0. The first-order valence-electron chi connectivity index (χ1n) is 19.2. The molecular weight excluding hydrogens is 677 g/mol. The van der Waals surface area contributed by atoms with Gasteiger partial charge >= 0.3 is 0 Å². The van der Waals surface area contributed by atoms with Gasteiger partial charge in [0.15, 0.2) is 0 Å². The maximum absolute atomic E-state index is 2.45. The summed E-state index contributed by atoms with van der Waals surface area (Å²) >= 11 is 0. The molecule has 56 heavy (non-hydrogen) atoms. The molecule has 264 valence electrons. The van der Waals surface area contributed by atoms with Gasteiger partial charge in [0.1, 0.15) is 0 Å². The molecule has 0 radical (unpaired) electrons. The summed E-state index contributed by atoms with van der Waals surface area (Å²) in [5, 5.41) is 2.41. The first-order chi connectivity index (χ1) is 27.8. The molecule has 0 saturated carbocycles. The molecule has 10 rings (SSSR count). The number of para-hydroxylation sites is 2. The molecule has 0 aliphatic rings. The van der Waals surface area contributed by atoms with Crippen LogP contribution in [0, 0.1) is 0 Å². The Balaban J connectivity index is 1.24. The van der Waals surface area contributed by atoms with E-state index in [2.05, 4.69) is 240 Å². The van der Waals surface area contributed by atoms with Crippen molar-refractivity contribution >= 4 is 38.9 Å². The normalized spacial score (nSPS) is 11.2. The van der Waals surface area contributed by atoms with Crippen molar-refractivity contribution in [3.63, 3.8) is 0 Å². The third-order valence-corrected chi connectivity index (χ3v) is 10.8. The number of aromatic nitrogens is 1. The Morgan fingerprint density at radius 3 is 1.48 bits per heavy atom. The molecule has 0 unspecified atom stereocenters. The fraction of sp³-hybridized carbons (Fsp3) is 0. The zero-order chi connectivity index (χ0) is 37.3. The highest BCUT2D eigenvalue weighted by Gasteiger charge is 2.23. The van der Waals surface area contributed by atoms with Crippen molar-refractivity contribution in [3.05, 3.63) is 231 Å². The molecule has 0 N–H and O–H groups in total. The first kappa shape index (κ1) is 33.2. The van der Waals surface area contributed by atoms with Gasteiger partial charge in [-0.1, -0.05) is 182 Å². The fourth-order valence-corrected chi connectivity index (χ4v) is 8.23. The van der Waals surface area contributed by atoms with E-state index in [1.807, 2.05) is 0 Å². The maximum atomic E-state index is 2.45. The SMILES string of the molecule is c1ccc(-c2ccc(N(c3ccc(-c4ccccc4)c(-c4ccccc4)c3)c3cccc4c3c3ccccc3n4-c3ccccc3-c3ccccc3)cc2)cc1. The Morgan fingerprint density at radius 1 is 0.304 bits per heavy atom. The minimum absolute atomic E-state index is 1.09. The third-order valence-electron chi connectivity index (χ3n) is 10.8. The Labute approximate surface area is 327 Å². The highest BCUT2D eigenvalue weighted by atomic mass is 15.1. The van der Waals surface area contributed by atoms with Gasteiger partial charge in [-0.05, 0) is 87.5 Å². The molecule has 0 bridgehead atoms. The average molecular weight is 715 g/mol. The van der Waals surface area contributed by atoms with Crippen LogP contribution in [0.1, 0.15) is 0 Å². The molecule has 10 aromatic rings. The maximum Gasteiger partial charge on any atom is 0.0562 e. The van der Waals surface area contributed by atoms with Crippen LogP contribution in [0.25, 0.3) is 72.0 Å². The lowest BCUT2D eigenvalue weighted by atomic mass is 9.93. The summed E-state index contributed by atoms with van der Waals surface area (Å²) in [5.41, 5.74) is 16.3. The monoisotopic (exact) mass is 714 g/mol. The van der Waals surface area contributed by atoms with Gasteiger partial charge in [-0.15, -0.1) is 0 Å². The van der Waals surface area contributed by atoms with Crippen molar-refractivity contribution in [1.29, 1.82) is 0 Å². The van der Waals surface area contributed by atoms with Crippen LogP contribution in [-0.4, -0.2) is 4.57 Å². The Morgan fingerprint density at radius 2 is 0.804 bits per heavy atom. The molecule has 0 atom stereocenters. The fourth-order valence-electron chi connectivity index (χ4n) is 8.23. The van der Waals surface area contributed by atoms with E-state index in [-0.39, 0.29) is 0 Å². The molecule has 2 nitrogen and oxygen atoms in total. The molecule has 9 aromatic carbocycles. The van der Waals surface area contributed by atoms with Crippen LogP contribution in [0.15, 0.2) is 231 Å². The van der Waals surface area contributed by atoms with Gasteiger partial charge in [0.25, 0.3) is 0 Å². The van der Waals surface area contributed by atoms with Gasteiger partial charge in [0.2, 0.25) is 0 Å². The van der Waals surface area contributed by atoms with E-state index < -0.39 is 0 Å². The molecule has 1 heterocycles. The van der Waals surface area contributed by atoms with Gasteiger partial charge in [-0.25, -0.2) is 0 Å². The van der Waals surface area contributed by atoms with Crippen LogP contribution < -0.4 is 4.90 Å². The second kappa shape index (κ2) is 14.4. The standard InChI is InChI=1S/C54H38N2/c1-5-18-39(19-6-1)40-32-34-44(35-33-40)55(45-36-37-46(41-20-7-2-8-21-41)49(38-45)43-24-11-4-12-25-43)52-30-17-31-53-54(52)48-27-14-16-29-51(48)56(53)50-28-15-13-26-47(50)42-22-9-3-10-23-42/h1-38H. The average Bonchev–Trinajstić information content (AvgIpc) is 3.63. The van der Waals surface area contributed by atoms with Crippen molar-refractivity contribution < 1.29 is 0 Å². The quantitative estimate of drug-likeness (QED) is 0.152. The Kier molecular flexibility index (Phi) is 8.55. The molecule has 2 heteroatoms. The summed E-state index contributed by atoms with van der Waals surface area (Å²) in [6, 6.07) is 83.1. The number of rotatable bonds is 8. The van der Waals surface area contributed by atoms with Crippen molar-refractivity contribution in [3.8, 4) is 50.2 Å². The van der Waals surface area contributed by atoms with Crippen molar-refractivity contribution in [2.75, 3.05) is 4.90 Å². The molecule has 0 aliphatic heterocycles. The molecule has 0 saturated heterocycles. The predicted molar refractivity (Wildman–Crippen MR) is 237 cm³/mol. The van der Waals surface area contributed by atoms with Crippen LogP contribution in [0.4, 0.5) is 17.1 Å². The van der Waals surface area contributed by atoms with Gasteiger partial charge in [-0.2, -0.15) is 0 Å². The Hall–Kier alpha value is -7.42. The molecule has 1 aromatic heterocycles. The van der Waals surface area contributed by atoms with Crippen molar-refractivity contribution in [2.24, 2.45) is 0 Å². The van der Waals surface area contributed by atoms with Gasteiger partial charge < -0.3 is 9.47 Å². The van der Waals surface area contributed by atoms with Gasteiger partial charge in [0.05, 0.1) is 22.4 Å². The van der Waals surface area contributed by atoms with Crippen LogP contribution in [0.3, 0.4) is 0 Å². The molecule has 0 aliphatic carbocycles. The second-order valence-electron chi connectivity index (χ2n) is 14.1. The number of hydrogen-bond acceptors (Lipinski definition) is 1. The van der Waals surface area contributed by atoms with Crippen LogP contribution >= 0.6 is 0 Å². The lowest BCUT2D eigenvalue weighted by molar-refractivity contribution is 1.18. The van der Waals surface area contributed by atoms with E-state index in [0.29, 0.717) is 0 Å². The zero-order valence-corrected chi connectivity index (χ0v) is 30.8. The Bertz CT molecular complexity index is 2930.